The Morgan fingerprint density at radius 2 is 1.74 bits per heavy atom. The van der Waals surface area contributed by atoms with E-state index in [1.165, 1.54) is 14.2 Å². The first kappa shape index (κ1) is 24.1. The summed E-state index contributed by atoms with van der Waals surface area (Å²) in [6, 6.07) is 9.50. The van der Waals surface area contributed by atoms with Crippen LogP contribution in [0.2, 0.25) is 0 Å². The normalized spacial score (nSPS) is 11.6. The van der Waals surface area contributed by atoms with E-state index in [2.05, 4.69) is 4.98 Å². The lowest BCUT2D eigenvalue weighted by atomic mass is 10.1. The minimum Gasteiger partial charge on any atom is -0.469 e. The van der Waals surface area contributed by atoms with Crippen LogP contribution in [0.3, 0.4) is 0 Å². The van der Waals surface area contributed by atoms with Crippen molar-refractivity contribution in [2.75, 3.05) is 34.0 Å². The van der Waals surface area contributed by atoms with Crippen molar-refractivity contribution < 1.29 is 28.6 Å². The highest BCUT2D eigenvalue weighted by Gasteiger charge is 2.28. The number of benzene rings is 1. The van der Waals surface area contributed by atoms with E-state index < -0.39 is 17.9 Å². The fraction of sp³-hybridized carbons (Fsp3) is 0.435. The Hall–Kier alpha value is -3.13. The molecule has 0 bridgehead atoms. The van der Waals surface area contributed by atoms with E-state index in [1.807, 2.05) is 30.3 Å². The summed E-state index contributed by atoms with van der Waals surface area (Å²) in [4.78, 5) is 42.5. The maximum Gasteiger partial charge on any atom is 0.340 e. The molecule has 0 radical (unpaired) electrons. The van der Waals surface area contributed by atoms with Gasteiger partial charge in [-0.1, -0.05) is 37.3 Å². The van der Waals surface area contributed by atoms with E-state index in [1.54, 1.807) is 25.7 Å². The minimum atomic E-state index is -0.514. The van der Waals surface area contributed by atoms with Crippen LogP contribution < -0.4 is 0 Å². The number of carbonyl (C=O) groups excluding carboxylic acids is 3. The molecule has 2 aromatic rings. The van der Waals surface area contributed by atoms with Gasteiger partial charge in [0.1, 0.15) is 12.3 Å². The van der Waals surface area contributed by atoms with E-state index in [-0.39, 0.29) is 25.7 Å². The monoisotopic (exact) mass is 430 g/mol. The zero-order chi connectivity index (χ0) is 23.0. The molecule has 0 aliphatic carbocycles. The fourth-order valence-electron chi connectivity index (χ4n) is 3.35. The smallest absolute Gasteiger partial charge is 0.340 e. The molecule has 1 unspecified atom stereocenters. The zero-order valence-electron chi connectivity index (χ0n) is 18.7. The number of hydrogen-bond acceptors (Lipinski definition) is 6. The molecule has 8 nitrogen and oxygen atoms in total. The Morgan fingerprint density at radius 1 is 1.06 bits per heavy atom. The van der Waals surface area contributed by atoms with Crippen LogP contribution in [0.5, 0.6) is 0 Å². The van der Waals surface area contributed by atoms with Gasteiger partial charge in [0.25, 0.3) is 5.91 Å². The van der Waals surface area contributed by atoms with E-state index >= 15 is 0 Å². The number of nitrogens with zero attached hydrogens (tertiary/aromatic N) is 1. The van der Waals surface area contributed by atoms with Crippen molar-refractivity contribution in [1.82, 2.24) is 9.88 Å². The lowest BCUT2D eigenvalue weighted by Crippen LogP contribution is -2.37. The molecule has 1 aromatic heterocycles. The average molecular weight is 431 g/mol. The number of amides is 1. The molecule has 0 fully saturated rings. The number of hydrogen-bond donors (Lipinski definition) is 1. The molecule has 168 valence electrons. The molecular weight excluding hydrogens is 400 g/mol. The third-order valence-electron chi connectivity index (χ3n) is 4.98. The number of esters is 2. The van der Waals surface area contributed by atoms with Gasteiger partial charge in [-0.2, -0.15) is 0 Å². The third kappa shape index (κ3) is 6.18. The molecule has 0 spiro atoms. The molecule has 0 aliphatic heterocycles. The summed E-state index contributed by atoms with van der Waals surface area (Å²) >= 11 is 0. The molecular formula is C23H30N2O6. The van der Waals surface area contributed by atoms with Crippen LogP contribution in [-0.4, -0.2) is 61.7 Å². The van der Waals surface area contributed by atoms with Gasteiger partial charge in [0.2, 0.25) is 0 Å². The van der Waals surface area contributed by atoms with E-state index in [9.17, 15) is 14.4 Å². The van der Waals surface area contributed by atoms with Gasteiger partial charge < -0.3 is 24.1 Å². The van der Waals surface area contributed by atoms with Crippen LogP contribution in [0.15, 0.2) is 30.3 Å². The lowest BCUT2D eigenvalue weighted by Gasteiger charge is -2.25. The summed E-state index contributed by atoms with van der Waals surface area (Å²) in [6.07, 6.45) is 0. The molecule has 1 atom stereocenters. The molecule has 31 heavy (non-hydrogen) atoms. The second kappa shape index (κ2) is 11.3. The molecule has 0 aliphatic rings. The number of aryl methyl sites for hydroxylation is 1. The number of carbonyl (C=O) groups is 3. The zero-order valence-corrected chi connectivity index (χ0v) is 18.7. The number of ether oxygens (including phenoxy) is 3. The fourth-order valence-corrected chi connectivity index (χ4v) is 3.35. The molecule has 0 saturated heterocycles. The van der Waals surface area contributed by atoms with Crippen molar-refractivity contribution in [3.05, 3.63) is 58.4 Å². The topological polar surface area (TPSA) is 97.9 Å². The van der Waals surface area contributed by atoms with Crippen LogP contribution in [0.1, 0.15) is 44.6 Å². The molecule has 1 heterocycles. The number of aromatic nitrogens is 1. The largest absolute Gasteiger partial charge is 0.469 e. The molecule has 8 heteroatoms. The van der Waals surface area contributed by atoms with Crippen molar-refractivity contribution in [2.24, 2.45) is 5.92 Å². The van der Waals surface area contributed by atoms with Crippen molar-refractivity contribution >= 4 is 17.8 Å². The van der Waals surface area contributed by atoms with Crippen LogP contribution in [0.4, 0.5) is 0 Å². The van der Waals surface area contributed by atoms with Crippen molar-refractivity contribution in [1.29, 1.82) is 0 Å². The van der Waals surface area contributed by atoms with Gasteiger partial charge in [0.15, 0.2) is 0 Å². The first-order chi connectivity index (χ1) is 14.8. The summed E-state index contributed by atoms with van der Waals surface area (Å²) in [5, 5.41) is 0. The van der Waals surface area contributed by atoms with E-state index in [0.717, 1.165) is 5.56 Å². The Labute approximate surface area is 182 Å². The van der Waals surface area contributed by atoms with E-state index in [4.69, 9.17) is 14.2 Å². The highest BCUT2D eigenvalue weighted by atomic mass is 16.6. The van der Waals surface area contributed by atoms with Crippen LogP contribution in [-0.2, 0) is 25.5 Å². The minimum absolute atomic E-state index is 0.124. The molecule has 1 amide bonds. The third-order valence-corrected chi connectivity index (χ3v) is 4.98. The quantitative estimate of drug-likeness (QED) is 0.460. The highest BCUT2D eigenvalue weighted by Crippen LogP contribution is 2.22. The lowest BCUT2D eigenvalue weighted by molar-refractivity contribution is -0.145. The number of methoxy groups -OCH3 is 2. The molecule has 1 aromatic carbocycles. The van der Waals surface area contributed by atoms with Gasteiger partial charge in [-0.25, -0.2) is 4.79 Å². The summed E-state index contributed by atoms with van der Waals surface area (Å²) < 4.78 is 14.9. The Morgan fingerprint density at radius 3 is 2.35 bits per heavy atom. The number of rotatable bonds is 10. The SMILES string of the molecule is COCCOC(=O)c1c(C)[nH]c(C(=O)N(Cc2ccccc2)CC(C)C(=O)OC)c1C. The number of nitrogens with one attached hydrogen (secondary N) is 1. The number of H-pyrrole nitrogens is 1. The summed E-state index contributed by atoms with van der Waals surface area (Å²) in [6.45, 7) is 6.03. The van der Waals surface area contributed by atoms with Gasteiger partial charge in [0, 0.05) is 25.9 Å². The van der Waals surface area contributed by atoms with Crippen LogP contribution in [0.25, 0.3) is 0 Å². The van der Waals surface area contributed by atoms with Crippen molar-refractivity contribution in [3.63, 3.8) is 0 Å². The average Bonchev–Trinajstić information content (AvgIpc) is 3.06. The van der Waals surface area contributed by atoms with Gasteiger partial charge in [-0.3, -0.25) is 9.59 Å². The maximum atomic E-state index is 13.4. The van der Waals surface area contributed by atoms with Crippen molar-refractivity contribution in [3.8, 4) is 0 Å². The summed E-state index contributed by atoms with van der Waals surface area (Å²) in [5.41, 5.74) is 2.61. The predicted molar refractivity (Wildman–Crippen MR) is 115 cm³/mol. The first-order valence-electron chi connectivity index (χ1n) is 10.1. The summed E-state index contributed by atoms with van der Waals surface area (Å²) in [7, 11) is 2.84. The van der Waals surface area contributed by atoms with Gasteiger partial charge in [0.05, 0.1) is 25.2 Å². The van der Waals surface area contributed by atoms with Gasteiger partial charge >= 0.3 is 11.9 Å². The first-order valence-corrected chi connectivity index (χ1v) is 10.1. The molecule has 0 saturated carbocycles. The van der Waals surface area contributed by atoms with Crippen LogP contribution >= 0.6 is 0 Å². The second-order valence-electron chi connectivity index (χ2n) is 7.35. The Balaban J connectivity index is 2.31. The van der Waals surface area contributed by atoms with Gasteiger partial charge in [-0.05, 0) is 25.0 Å². The highest BCUT2D eigenvalue weighted by molar-refractivity contribution is 6.00. The maximum absolute atomic E-state index is 13.4. The Bertz CT molecular complexity index is 906. The summed E-state index contributed by atoms with van der Waals surface area (Å²) in [5.74, 6) is -1.73. The number of aromatic amines is 1. The van der Waals surface area contributed by atoms with E-state index in [0.29, 0.717) is 29.1 Å². The molecule has 2 rings (SSSR count). The van der Waals surface area contributed by atoms with Crippen LogP contribution in [0, 0.1) is 19.8 Å². The second-order valence-corrected chi connectivity index (χ2v) is 7.35. The standard InChI is InChI=1S/C23H30N2O6/c1-15(22(27)30-5)13-25(14-18-9-7-6-8-10-18)21(26)20-16(2)19(17(3)24-20)23(28)31-12-11-29-4/h6-10,15,24H,11-14H2,1-5H3. The van der Waals surface area contributed by atoms with Crippen molar-refractivity contribution in [2.45, 2.75) is 27.3 Å². The molecule has 1 N–H and O–H groups in total. The van der Waals surface area contributed by atoms with Gasteiger partial charge in [-0.15, -0.1) is 0 Å². The Kier molecular flexibility index (Phi) is 8.81. The predicted octanol–water partition coefficient (Wildman–Crippen LogP) is 2.89.